The second kappa shape index (κ2) is 4.03. The van der Waals surface area contributed by atoms with Crippen molar-refractivity contribution in [1.29, 1.82) is 0 Å². The van der Waals surface area contributed by atoms with Crippen LogP contribution < -0.4 is 16.2 Å². The van der Waals surface area contributed by atoms with Crippen LogP contribution in [0.2, 0.25) is 0 Å². The lowest BCUT2D eigenvalue weighted by atomic mass is 10.1. The monoisotopic (exact) mass is 209 g/mol. The van der Waals surface area contributed by atoms with Gasteiger partial charge in [0.15, 0.2) is 0 Å². The molecule has 0 fully saturated rings. The number of hydrogen-bond acceptors (Lipinski definition) is 4. The Morgan fingerprint density at radius 2 is 1.92 bits per heavy atom. The SMILES string of the molecule is CC(C)(N)C(=O)NCCS(N)(=O)=O. The van der Waals surface area contributed by atoms with Crippen LogP contribution >= 0.6 is 0 Å². The van der Waals surface area contributed by atoms with E-state index in [2.05, 4.69) is 5.32 Å². The Balaban J connectivity index is 3.87. The number of sulfonamides is 1. The van der Waals surface area contributed by atoms with Crippen molar-refractivity contribution < 1.29 is 13.2 Å². The zero-order valence-corrected chi connectivity index (χ0v) is 8.52. The van der Waals surface area contributed by atoms with E-state index < -0.39 is 21.5 Å². The minimum Gasteiger partial charge on any atom is -0.353 e. The minimum absolute atomic E-state index is 0.0156. The smallest absolute Gasteiger partial charge is 0.239 e. The Morgan fingerprint density at radius 1 is 1.46 bits per heavy atom. The molecule has 0 radical (unpaired) electrons. The molecule has 0 aromatic heterocycles. The predicted molar refractivity (Wildman–Crippen MR) is 49.3 cm³/mol. The molecular weight excluding hydrogens is 194 g/mol. The molecule has 0 aliphatic rings. The molecule has 0 unspecified atom stereocenters. The largest absolute Gasteiger partial charge is 0.353 e. The summed E-state index contributed by atoms with van der Waals surface area (Å²) in [6, 6.07) is 0. The molecule has 0 saturated heterocycles. The number of nitrogens with two attached hydrogens (primary N) is 2. The summed E-state index contributed by atoms with van der Waals surface area (Å²) in [6.07, 6.45) is 0. The van der Waals surface area contributed by atoms with Gasteiger partial charge in [-0.1, -0.05) is 0 Å². The fourth-order valence-corrected chi connectivity index (χ4v) is 0.921. The standard InChI is InChI=1S/C6H15N3O3S/c1-6(2,7)5(10)9-3-4-13(8,11)12/h3-4,7H2,1-2H3,(H,9,10)(H2,8,11,12). The van der Waals surface area contributed by atoms with E-state index in [1.807, 2.05) is 0 Å². The maximum absolute atomic E-state index is 11.1. The highest BCUT2D eigenvalue weighted by molar-refractivity contribution is 7.89. The number of carbonyl (C=O) groups excluding carboxylic acids is 1. The topological polar surface area (TPSA) is 115 Å². The van der Waals surface area contributed by atoms with Gasteiger partial charge in [0.1, 0.15) is 0 Å². The maximum Gasteiger partial charge on any atom is 0.239 e. The van der Waals surface area contributed by atoms with Crippen LogP contribution in [0.1, 0.15) is 13.8 Å². The Morgan fingerprint density at radius 3 is 2.23 bits per heavy atom. The second-order valence-electron chi connectivity index (χ2n) is 3.34. The molecule has 7 heteroatoms. The number of carbonyl (C=O) groups is 1. The van der Waals surface area contributed by atoms with Crippen LogP contribution in [0.25, 0.3) is 0 Å². The first-order valence-corrected chi connectivity index (χ1v) is 5.42. The molecule has 0 bridgehead atoms. The number of nitrogens with one attached hydrogen (secondary N) is 1. The van der Waals surface area contributed by atoms with Crippen molar-refractivity contribution in [3.63, 3.8) is 0 Å². The van der Waals surface area contributed by atoms with Gasteiger partial charge in [0, 0.05) is 6.54 Å². The molecule has 0 spiro atoms. The van der Waals surface area contributed by atoms with Gasteiger partial charge in [0.2, 0.25) is 15.9 Å². The normalized spacial score (nSPS) is 12.6. The zero-order valence-electron chi connectivity index (χ0n) is 7.70. The third-order valence-corrected chi connectivity index (χ3v) is 2.03. The van der Waals surface area contributed by atoms with Crippen LogP contribution in [-0.4, -0.2) is 32.2 Å². The number of amides is 1. The van der Waals surface area contributed by atoms with Crippen molar-refractivity contribution in [2.75, 3.05) is 12.3 Å². The first-order chi connectivity index (χ1) is 5.63. The van der Waals surface area contributed by atoms with Gasteiger partial charge in [-0.05, 0) is 13.8 Å². The lowest BCUT2D eigenvalue weighted by Crippen LogP contribution is -2.50. The molecule has 0 heterocycles. The van der Waals surface area contributed by atoms with Gasteiger partial charge >= 0.3 is 0 Å². The molecule has 5 N–H and O–H groups in total. The molecule has 0 aromatic rings. The molecule has 0 saturated carbocycles. The summed E-state index contributed by atoms with van der Waals surface area (Å²) in [5, 5.41) is 7.08. The first kappa shape index (κ1) is 12.3. The van der Waals surface area contributed by atoms with E-state index >= 15 is 0 Å². The summed E-state index contributed by atoms with van der Waals surface area (Å²) < 4.78 is 20.9. The molecule has 6 nitrogen and oxygen atoms in total. The zero-order chi connectivity index (χ0) is 10.7. The second-order valence-corrected chi connectivity index (χ2v) is 5.08. The lowest BCUT2D eigenvalue weighted by Gasteiger charge is -2.17. The van der Waals surface area contributed by atoms with Crippen molar-refractivity contribution >= 4 is 15.9 Å². The van der Waals surface area contributed by atoms with Crippen LogP contribution in [0.15, 0.2) is 0 Å². The molecule has 0 aromatic carbocycles. The molecular formula is C6H15N3O3S. The quantitative estimate of drug-likeness (QED) is 0.503. The highest BCUT2D eigenvalue weighted by Gasteiger charge is 2.21. The van der Waals surface area contributed by atoms with E-state index in [4.69, 9.17) is 10.9 Å². The van der Waals surface area contributed by atoms with E-state index in [0.717, 1.165) is 0 Å². The summed E-state index contributed by atoms with van der Waals surface area (Å²) in [4.78, 5) is 11.1. The highest BCUT2D eigenvalue weighted by Crippen LogP contribution is 1.94. The van der Waals surface area contributed by atoms with Crippen LogP contribution in [0.4, 0.5) is 0 Å². The molecule has 1 amide bonds. The Hall–Kier alpha value is -0.660. The average molecular weight is 209 g/mol. The summed E-state index contributed by atoms with van der Waals surface area (Å²) in [7, 11) is -3.52. The maximum atomic E-state index is 11.1. The number of primary sulfonamides is 1. The summed E-state index contributed by atoms with van der Waals surface area (Å²) in [6.45, 7) is 3.04. The highest BCUT2D eigenvalue weighted by atomic mass is 32.2. The van der Waals surface area contributed by atoms with Crippen LogP contribution in [-0.2, 0) is 14.8 Å². The fourth-order valence-electron chi connectivity index (χ4n) is 0.535. The fraction of sp³-hybridized carbons (Fsp3) is 0.833. The molecule has 0 atom stereocenters. The number of hydrogen-bond donors (Lipinski definition) is 3. The van der Waals surface area contributed by atoms with Crippen molar-refractivity contribution in [3.8, 4) is 0 Å². The lowest BCUT2D eigenvalue weighted by molar-refractivity contribution is -0.125. The molecule has 13 heavy (non-hydrogen) atoms. The van der Waals surface area contributed by atoms with Gasteiger partial charge < -0.3 is 11.1 Å². The van der Waals surface area contributed by atoms with Crippen LogP contribution in [0.3, 0.4) is 0 Å². The van der Waals surface area contributed by atoms with Crippen molar-refractivity contribution in [2.45, 2.75) is 19.4 Å². The Labute approximate surface area is 77.7 Å². The van der Waals surface area contributed by atoms with Crippen LogP contribution in [0, 0.1) is 0 Å². The summed E-state index contributed by atoms with van der Waals surface area (Å²) in [5.74, 6) is -0.689. The van der Waals surface area contributed by atoms with Crippen molar-refractivity contribution in [1.82, 2.24) is 5.32 Å². The first-order valence-electron chi connectivity index (χ1n) is 3.70. The van der Waals surface area contributed by atoms with Gasteiger partial charge in [0.25, 0.3) is 0 Å². The molecule has 0 aliphatic heterocycles. The molecule has 0 rings (SSSR count). The van der Waals surface area contributed by atoms with E-state index in [-0.39, 0.29) is 12.3 Å². The predicted octanol–water partition coefficient (Wildman–Crippen LogP) is -1.87. The number of rotatable bonds is 4. The Kier molecular flexibility index (Phi) is 3.83. The van der Waals surface area contributed by atoms with Gasteiger partial charge in [-0.25, -0.2) is 13.6 Å². The summed E-state index contributed by atoms with van der Waals surface area (Å²) in [5.41, 5.74) is 4.43. The van der Waals surface area contributed by atoms with E-state index in [1.54, 1.807) is 0 Å². The van der Waals surface area contributed by atoms with Gasteiger partial charge in [0.05, 0.1) is 11.3 Å². The third kappa shape index (κ3) is 6.50. The van der Waals surface area contributed by atoms with E-state index in [0.29, 0.717) is 0 Å². The van der Waals surface area contributed by atoms with Gasteiger partial charge in [-0.15, -0.1) is 0 Å². The van der Waals surface area contributed by atoms with E-state index in [1.165, 1.54) is 13.8 Å². The Bertz CT molecular complexity index is 278. The van der Waals surface area contributed by atoms with Crippen LogP contribution in [0.5, 0.6) is 0 Å². The van der Waals surface area contributed by atoms with Gasteiger partial charge in [-0.3, -0.25) is 4.79 Å². The van der Waals surface area contributed by atoms with Gasteiger partial charge in [-0.2, -0.15) is 0 Å². The minimum atomic E-state index is -3.52. The molecule has 78 valence electrons. The average Bonchev–Trinajstić information content (AvgIpc) is 1.82. The molecule has 0 aliphatic carbocycles. The summed E-state index contributed by atoms with van der Waals surface area (Å²) >= 11 is 0. The van der Waals surface area contributed by atoms with E-state index in [9.17, 15) is 13.2 Å². The van der Waals surface area contributed by atoms with Crippen molar-refractivity contribution in [3.05, 3.63) is 0 Å². The van der Waals surface area contributed by atoms with Crippen molar-refractivity contribution in [2.24, 2.45) is 10.9 Å². The third-order valence-electron chi connectivity index (χ3n) is 1.26.